The Bertz CT molecular complexity index is 2070. The monoisotopic (exact) mass is 642 g/mol. The number of esters is 1. The SMILES string of the molecule is C=Cc1c(C)c2cc3[nH]c(cc4nc(cc5nc(cc1[nH]2)C1(C)C5=CC=C(CCC)C1C(=O)OC)C(C)=C4CCCC)c(CCC)c3C. The summed E-state index contributed by atoms with van der Waals surface area (Å²) in [6, 6.07) is 8.74. The smallest absolute Gasteiger partial charge is 0.314 e. The molecule has 2 atom stereocenters. The summed E-state index contributed by atoms with van der Waals surface area (Å²) in [5, 5.41) is 0. The predicted octanol–water partition coefficient (Wildman–Crippen LogP) is 10.5. The number of fused-ring (bicyclic) bond motifs is 11. The molecule has 3 aromatic rings. The van der Waals surface area contributed by atoms with Crippen molar-refractivity contribution in [3.05, 3.63) is 93.6 Å². The van der Waals surface area contributed by atoms with Crippen molar-refractivity contribution in [2.75, 3.05) is 7.11 Å². The number of ether oxygens (including phenoxy) is 1. The Morgan fingerprint density at radius 2 is 1.58 bits per heavy atom. The normalized spacial score (nSPS) is 18.8. The lowest BCUT2D eigenvalue weighted by atomic mass is 9.63. The molecule has 0 saturated heterocycles. The summed E-state index contributed by atoms with van der Waals surface area (Å²) in [5.74, 6) is -0.729. The molecule has 2 unspecified atom stereocenters. The van der Waals surface area contributed by atoms with Gasteiger partial charge in [0.1, 0.15) is 0 Å². The third-order valence-corrected chi connectivity index (χ3v) is 10.8. The summed E-state index contributed by atoms with van der Waals surface area (Å²) in [6.45, 7) is 19.5. The lowest BCUT2D eigenvalue weighted by Gasteiger charge is -2.37. The highest BCUT2D eigenvalue weighted by Gasteiger charge is 2.51. The topological polar surface area (TPSA) is 83.7 Å². The molecule has 2 N–H and O–H groups in total. The molecule has 1 aliphatic carbocycles. The summed E-state index contributed by atoms with van der Waals surface area (Å²) < 4.78 is 5.50. The maximum absolute atomic E-state index is 13.7. The molecule has 2 aliphatic heterocycles. The molecule has 6 heteroatoms. The number of hydrogen-bond acceptors (Lipinski definition) is 4. The minimum atomic E-state index is -0.729. The highest BCUT2D eigenvalue weighted by molar-refractivity contribution is 5.94. The highest BCUT2D eigenvalue weighted by Crippen LogP contribution is 2.53. The second kappa shape index (κ2) is 13.2. The van der Waals surface area contributed by atoms with E-state index in [9.17, 15) is 4.79 Å². The van der Waals surface area contributed by atoms with Crippen LogP contribution in [-0.4, -0.2) is 33.0 Å². The third kappa shape index (κ3) is 5.39. The van der Waals surface area contributed by atoms with Gasteiger partial charge in [0.15, 0.2) is 0 Å². The van der Waals surface area contributed by atoms with E-state index >= 15 is 0 Å². The zero-order chi connectivity index (χ0) is 34.3. The summed E-state index contributed by atoms with van der Waals surface area (Å²) in [5.41, 5.74) is 16.4. The molecule has 5 heterocycles. The number of rotatable bonds is 9. The van der Waals surface area contributed by atoms with Gasteiger partial charge in [0.05, 0.1) is 41.2 Å². The van der Waals surface area contributed by atoms with Crippen molar-refractivity contribution in [2.24, 2.45) is 5.92 Å². The van der Waals surface area contributed by atoms with Crippen LogP contribution in [0.1, 0.15) is 118 Å². The number of carbonyl (C=O) groups excluding carboxylic acids is 1. The van der Waals surface area contributed by atoms with E-state index in [1.807, 2.05) is 6.08 Å². The van der Waals surface area contributed by atoms with E-state index in [2.05, 4.69) is 101 Å². The first-order valence-electron chi connectivity index (χ1n) is 17.7. The number of aromatic nitrogens is 4. The molecule has 3 aromatic heterocycles. The fraction of sp³-hybridized carbons (Fsp3) is 0.405. The van der Waals surface area contributed by atoms with E-state index in [1.54, 1.807) is 0 Å². The average molecular weight is 643 g/mol. The molecule has 6 rings (SSSR count). The van der Waals surface area contributed by atoms with Crippen LogP contribution in [-0.2, 0) is 21.4 Å². The van der Waals surface area contributed by atoms with Crippen molar-refractivity contribution >= 4 is 50.8 Å². The minimum Gasteiger partial charge on any atom is -0.469 e. The van der Waals surface area contributed by atoms with Crippen LogP contribution < -0.4 is 0 Å². The fourth-order valence-corrected chi connectivity index (χ4v) is 8.04. The molecule has 0 spiro atoms. The van der Waals surface area contributed by atoms with Gasteiger partial charge in [-0.2, -0.15) is 0 Å². The number of H-pyrrole nitrogens is 2. The van der Waals surface area contributed by atoms with Crippen LogP contribution in [0, 0.1) is 19.8 Å². The Morgan fingerprint density at radius 1 is 0.854 bits per heavy atom. The molecular weight excluding hydrogens is 592 g/mol. The molecule has 6 nitrogen and oxygen atoms in total. The zero-order valence-electron chi connectivity index (χ0n) is 30.0. The number of unbranched alkanes of at least 4 members (excludes halogenated alkanes) is 1. The summed E-state index contributed by atoms with van der Waals surface area (Å²) in [4.78, 5) is 31.9. The molecule has 0 fully saturated rings. The van der Waals surface area contributed by atoms with Gasteiger partial charge >= 0.3 is 5.97 Å². The van der Waals surface area contributed by atoms with E-state index < -0.39 is 11.3 Å². The molecule has 0 saturated carbocycles. The van der Waals surface area contributed by atoms with Gasteiger partial charge in [-0.3, -0.25) is 9.78 Å². The number of aromatic amines is 2. The van der Waals surface area contributed by atoms with Crippen LogP contribution in [0.4, 0.5) is 0 Å². The fourth-order valence-electron chi connectivity index (χ4n) is 8.04. The van der Waals surface area contributed by atoms with Gasteiger partial charge in [0, 0.05) is 27.6 Å². The van der Waals surface area contributed by atoms with Gasteiger partial charge in [0.25, 0.3) is 0 Å². The number of aryl methyl sites for hydroxylation is 3. The number of nitrogens with zero attached hydrogens (tertiary/aromatic N) is 2. The summed E-state index contributed by atoms with van der Waals surface area (Å²) in [6.07, 6.45) is 13.2. The molecule has 0 aromatic carbocycles. The van der Waals surface area contributed by atoms with Gasteiger partial charge in [0.2, 0.25) is 0 Å². The largest absolute Gasteiger partial charge is 0.469 e. The maximum atomic E-state index is 13.7. The van der Waals surface area contributed by atoms with Crippen molar-refractivity contribution in [3.8, 4) is 0 Å². The number of hydrogen-bond donors (Lipinski definition) is 2. The lowest BCUT2D eigenvalue weighted by Crippen LogP contribution is -2.40. The molecule has 8 bridgehead atoms. The number of allylic oxidation sites excluding steroid dienone is 5. The molecule has 48 heavy (non-hydrogen) atoms. The first-order chi connectivity index (χ1) is 23.1. The van der Waals surface area contributed by atoms with Crippen LogP contribution in [0.15, 0.2) is 48.6 Å². The summed E-state index contributed by atoms with van der Waals surface area (Å²) >= 11 is 0. The van der Waals surface area contributed by atoms with Gasteiger partial charge in [-0.1, -0.05) is 70.4 Å². The van der Waals surface area contributed by atoms with Crippen LogP contribution in [0.3, 0.4) is 0 Å². The predicted molar refractivity (Wildman–Crippen MR) is 200 cm³/mol. The Hall–Kier alpha value is -4.45. The Labute approximate surface area is 285 Å². The Kier molecular flexibility index (Phi) is 9.21. The molecule has 0 radical (unpaired) electrons. The first-order valence-corrected chi connectivity index (χ1v) is 17.7. The summed E-state index contributed by atoms with van der Waals surface area (Å²) in [7, 11) is 1.49. The first kappa shape index (κ1) is 33.5. The van der Waals surface area contributed by atoms with Crippen LogP contribution in [0.2, 0.25) is 0 Å². The number of nitrogens with one attached hydrogen (secondary N) is 2. The third-order valence-electron chi connectivity index (χ3n) is 10.8. The van der Waals surface area contributed by atoms with E-state index in [0.29, 0.717) is 0 Å². The van der Waals surface area contributed by atoms with Crippen molar-refractivity contribution in [1.29, 1.82) is 0 Å². The van der Waals surface area contributed by atoms with Crippen molar-refractivity contribution < 1.29 is 9.53 Å². The Morgan fingerprint density at radius 3 is 2.27 bits per heavy atom. The van der Waals surface area contributed by atoms with Crippen molar-refractivity contribution in [3.63, 3.8) is 0 Å². The van der Waals surface area contributed by atoms with E-state index in [0.717, 1.165) is 112 Å². The maximum Gasteiger partial charge on any atom is 0.314 e. The van der Waals surface area contributed by atoms with E-state index in [-0.39, 0.29) is 5.97 Å². The molecular formula is C42H50N4O2. The molecule has 250 valence electrons. The Balaban J connectivity index is 1.78. The lowest BCUT2D eigenvalue weighted by molar-refractivity contribution is -0.145. The van der Waals surface area contributed by atoms with E-state index in [1.165, 1.54) is 29.4 Å². The quantitative estimate of drug-likeness (QED) is 0.228. The van der Waals surface area contributed by atoms with Crippen molar-refractivity contribution in [1.82, 2.24) is 19.9 Å². The van der Waals surface area contributed by atoms with Crippen LogP contribution in [0.25, 0.3) is 44.9 Å². The second-order valence-electron chi connectivity index (χ2n) is 13.8. The highest BCUT2D eigenvalue weighted by atomic mass is 16.5. The number of methoxy groups -OCH3 is 1. The van der Waals surface area contributed by atoms with Gasteiger partial charge in [-0.25, -0.2) is 4.98 Å². The van der Waals surface area contributed by atoms with Gasteiger partial charge in [-0.15, -0.1) is 0 Å². The zero-order valence-corrected chi connectivity index (χ0v) is 30.0. The molecule has 0 amide bonds. The van der Waals surface area contributed by atoms with Crippen molar-refractivity contribution in [2.45, 2.75) is 98.8 Å². The van der Waals surface area contributed by atoms with Crippen LogP contribution in [0.5, 0.6) is 0 Å². The van der Waals surface area contributed by atoms with E-state index in [4.69, 9.17) is 14.7 Å². The number of carbonyl (C=O) groups is 1. The second-order valence-corrected chi connectivity index (χ2v) is 13.8. The van der Waals surface area contributed by atoms with Crippen LogP contribution >= 0.6 is 0 Å². The average Bonchev–Trinajstić information content (AvgIpc) is 3.72. The standard InChI is InChI=1S/C42H50N4O2/c1-10-14-17-30-26(7)34-21-38-31-19-18-27(15-11-2)40(41(47)48-9)42(31,8)39(46-38)23-37-28(13-4)24(5)32(45-37)20-33-25(6)29(16-12-3)35(43-33)22-36(30)44-34/h13,18-23,40,43,45H,4,10-12,14-17H2,1-3,5-9H3. The van der Waals surface area contributed by atoms with Gasteiger partial charge < -0.3 is 14.7 Å². The van der Waals surface area contributed by atoms with Gasteiger partial charge in [-0.05, 0) is 111 Å². The minimum absolute atomic E-state index is 0.237. The molecule has 3 aliphatic rings.